The summed E-state index contributed by atoms with van der Waals surface area (Å²) in [6.45, 7) is 3.78. The second kappa shape index (κ2) is 8.57. The van der Waals surface area contributed by atoms with E-state index >= 15 is 0 Å². The van der Waals surface area contributed by atoms with E-state index in [1.54, 1.807) is 26.0 Å². The molecule has 1 N–H and O–H groups in total. The van der Waals surface area contributed by atoms with Crippen LogP contribution in [0.5, 0.6) is 0 Å². The lowest BCUT2D eigenvalue weighted by Gasteiger charge is -2.22. The predicted octanol–water partition coefficient (Wildman–Crippen LogP) is 3.98. The van der Waals surface area contributed by atoms with Crippen LogP contribution in [-0.2, 0) is 9.47 Å². The van der Waals surface area contributed by atoms with Crippen LogP contribution in [0, 0.1) is 0 Å². The zero-order valence-corrected chi connectivity index (χ0v) is 13.7. The van der Waals surface area contributed by atoms with Crippen LogP contribution in [0.2, 0.25) is 0 Å². The average molecular weight is 328 g/mol. The highest BCUT2D eigenvalue weighted by Gasteiger charge is 2.20. The Hall–Kier alpha value is -3.02. The van der Waals surface area contributed by atoms with E-state index in [1.807, 2.05) is 42.5 Å². The number of nitrogens with zero attached hydrogens (tertiary/aromatic N) is 1. The van der Waals surface area contributed by atoms with E-state index in [4.69, 9.17) is 9.47 Å². The molecule has 126 valence electrons. The monoisotopic (exact) mass is 328 g/mol. The Morgan fingerprint density at radius 1 is 0.875 bits per heavy atom. The molecule has 0 aliphatic carbocycles. The smallest absolute Gasteiger partial charge is 0.433 e. The van der Waals surface area contributed by atoms with Gasteiger partial charge in [-0.05, 0) is 37.1 Å². The van der Waals surface area contributed by atoms with Gasteiger partial charge in [-0.3, -0.25) is 0 Å². The molecule has 0 aliphatic rings. The summed E-state index contributed by atoms with van der Waals surface area (Å²) in [6, 6.07) is 17.0. The molecule has 0 unspecified atom stereocenters. The molecule has 0 saturated heterocycles. The van der Waals surface area contributed by atoms with Crippen LogP contribution in [0.3, 0.4) is 0 Å². The number of hydrogen-bond acceptors (Lipinski definition) is 4. The highest BCUT2D eigenvalue weighted by atomic mass is 16.6. The van der Waals surface area contributed by atoms with Gasteiger partial charge in [-0.15, -0.1) is 0 Å². The zero-order chi connectivity index (χ0) is 17.4. The zero-order valence-electron chi connectivity index (χ0n) is 13.7. The fourth-order valence-electron chi connectivity index (χ4n) is 2.09. The summed E-state index contributed by atoms with van der Waals surface area (Å²) < 4.78 is 9.78. The highest BCUT2D eigenvalue weighted by Crippen LogP contribution is 2.22. The molecule has 0 spiro atoms. The number of rotatable bonds is 4. The van der Waals surface area contributed by atoms with Crippen molar-refractivity contribution in [2.24, 2.45) is 0 Å². The molecule has 6 nitrogen and oxygen atoms in total. The van der Waals surface area contributed by atoms with E-state index in [9.17, 15) is 9.59 Å². The topological polar surface area (TPSA) is 67.9 Å². The maximum Gasteiger partial charge on any atom is 0.433 e. The summed E-state index contributed by atoms with van der Waals surface area (Å²) in [7, 11) is 0. The third-order valence-electron chi connectivity index (χ3n) is 3.16. The van der Waals surface area contributed by atoms with Gasteiger partial charge in [0.15, 0.2) is 0 Å². The first-order valence-electron chi connectivity index (χ1n) is 7.71. The molecule has 0 heterocycles. The van der Waals surface area contributed by atoms with E-state index in [1.165, 1.54) is 0 Å². The van der Waals surface area contributed by atoms with E-state index in [2.05, 4.69) is 5.43 Å². The van der Waals surface area contributed by atoms with Gasteiger partial charge in [-0.25, -0.2) is 15.0 Å². The summed E-state index contributed by atoms with van der Waals surface area (Å²) in [6.07, 6.45) is -1.41. The van der Waals surface area contributed by atoms with Gasteiger partial charge in [-0.2, -0.15) is 5.01 Å². The van der Waals surface area contributed by atoms with Gasteiger partial charge in [0.2, 0.25) is 0 Å². The first-order valence-corrected chi connectivity index (χ1v) is 7.71. The fourth-order valence-corrected chi connectivity index (χ4v) is 2.09. The number of nitrogens with one attached hydrogen (secondary N) is 1. The van der Waals surface area contributed by atoms with E-state index < -0.39 is 12.2 Å². The second-order valence-electron chi connectivity index (χ2n) is 4.78. The summed E-state index contributed by atoms with van der Waals surface area (Å²) in [5, 5.41) is 1.02. The molecule has 0 fully saturated rings. The van der Waals surface area contributed by atoms with Crippen LogP contribution in [0.4, 0.5) is 15.3 Å². The third kappa shape index (κ3) is 4.49. The molecule has 0 atom stereocenters. The summed E-state index contributed by atoms with van der Waals surface area (Å²) in [5.74, 6) is 0. The van der Waals surface area contributed by atoms with Crippen molar-refractivity contribution in [1.29, 1.82) is 0 Å². The number of anilines is 1. The SMILES string of the molecule is CCOC(=O)NN(C(=O)OCC)c1ccc(-c2ccccc2)cc1. The largest absolute Gasteiger partial charge is 0.449 e. The van der Waals surface area contributed by atoms with E-state index in [-0.39, 0.29) is 13.2 Å². The van der Waals surface area contributed by atoms with Crippen molar-refractivity contribution in [3.05, 3.63) is 54.6 Å². The van der Waals surface area contributed by atoms with Crippen LogP contribution in [-0.4, -0.2) is 25.4 Å². The third-order valence-corrected chi connectivity index (χ3v) is 3.16. The van der Waals surface area contributed by atoms with Crippen molar-refractivity contribution in [2.75, 3.05) is 18.2 Å². The number of hydrogen-bond donors (Lipinski definition) is 1. The van der Waals surface area contributed by atoms with Gasteiger partial charge in [0.1, 0.15) is 0 Å². The first kappa shape index (κ1) is 17.3. The number of hydrazine groups is 1. The number of ether oxygens (including phenoxy) is 2. The first-order chi connectivity index (χ1) is 11.7. The van der Waals surface area contributed by atoms with Crippen LogP contribution < -0.4 is 10.4 Å². The Morgan fingerprint density at radius 3 is 2.04 bits per heavy atom. The number of carbonyl (C=O) groups excluding carboxylic acids is 2. The van der Waals surface area contributed by atoms with Gasteiger partial charge in [0.05, 0.1) is 18.9 Å². The fraction of sp³-hybridized carbons (Fsp3) is 0.222. The van der Waals surface area contributed by atoms with Gasteiger partial charge < -0.3 is 9.47 Å². The highest BCUT2D eigenvalue weighted by molar-refractivity contribution is 5.90. The molecule has 0 aromatic heterocycles. The number of carbonyl (C=O) groups is 2. The lowest BCUT2D eigenvalue weighted by atomic mass is 10.1. The van der Waals surface area contributed by atoms with Crippen LogP contribution in [0.25, 0.3) is 11.1 Å². The minimum absolute atomic E-state index is 0.196. The minimum Gasteiger partial charge on any atom is -0.449 e. The van der Waals surface area contributed by atoms with Crippen molar-refractivity contribution in [3.8, 4) is 11.1 Å². The molecule has 2 amide bonds. The molecule has 0 radical (unpaired) electrons. The van der Waals surface area contributed by atoms with Crippen molar-refractivity contribution < 1.29 is 19.1 Å². The van der Waals surface area contributed by atoms with Gasteiger partial charge in [-0.1, -0.05) is 42.5 Å². The van der Waals surface area contributed by atoms with Crippen molar-refractivity contribution in [3.63, 3.8) is 0 Å². The van der Waals surface area contributed by atoms with Gasteiger partial charge in [0, 0.05) is 0 Å². The van der Waals surface area contributed by atoms with Gasteiger partial charge >= 0.3 is 12.2 Å². The van der Waals surface area contributed by atoms with Crippen molar-refractivity contribution >= 4 is 17.9 Å². The molecule has 2 aromatic rings. The molecular weight excluding hydrogens is 308 g/mol. The molecule has 6 heteroatoms. The van der Waals surface area contributed by atoms with Crippen LogP contribution >= 0.6 is 0 Å². The number of benzene rings is 2. The Kier molecular flexibility index (Phi) is 6.19. The van der Waals surface area contributed by atoms with Crippen molar-refractivity contribution in [1.82, 2.24) is 5.43 Å². The standard InChI is InChI=1S/C18H20N2O4/c1-3-23-17(21)19-20(18(22)24-4-2)16-12-10-15(11-13-16)14-8-6-5-7-9-14/h5-13H,3-4H2,1-2H3,(H,19,21). The molecule has 2 rings (SSSR count). The Bertz CT molecular complexity index is 671. The van der Waals surface area contributed by atoms with E-state index in [0.29, 0.717) is 5.69 Å². The molecule has 2 aromatic carbocycles. The molecule has 24 heavy (non-hydrogen) atoms. The molecule has 0 bridgehead atoms. The number of amides is 2. The molecular formula is C18H20N2O4. The minimum atomic E-state index is -0.724. The summed E-state index contributed by atoms with van der Waals surface area (Å²) >= 11 is 0. The summed E-state index contributed by atoms with van der Waals surface area (Å²) in [5.41, 5.74) is 4.91. The molecule has 0 aliphatic heterocycles. The Morgan fingerprint density at radius 2 is 1.46 bits per heavy atom. The lowest BCUT2D eigenvalue weighted by molar-refractivity contribution is 0.139. The maximum atomic E-state index is 12.1. The predicted molar refractivity (Wildman–Crippen MR) is 91.5 cm³/mol. The van der Waals surface area contributed by atoms with Gasteiger partial charge in [0.25, 0.3) is 0 Å². The van der Waals surface area contributed by atoms with Crippen LogP contribution in [0.15, 0.2) is 54.6 Å². The lowest BCUT2D eigenvalue weighted by Crippen LogP contribution is -2.47. The quantitative estimate of drug-likeness (QED) is 0.862. The average Bonchev–Trinajstić information content (AvgIpc) is 2.61. The van der Waals surface area contributed by atoms with Crippen molar-refractivity contribution in [2.45, 2.75) is 13.8 Å². The Balaban J connectivity index is 2.22. The summed E-state index contributed by atoms with van der Waals surface area (Å²) in [4.78, 5) is 23.7. The normalized spacial score (nSPS) is 9.92. The Labute approximate surface area is 141 Å². The maximum absolute atomic E-state index is 12.1. The van der Waals surface area contributed by atoms with E-state index in [0.717, 1.165) is 16.1 Å². The second-order valence-corrected chi connectivity index (χ2v) is 4.78. The molecule has 0 saturated carbocycles. The van der Waals surface area contributed by atoms with Crippen LogP contribution in [0.1, 0.15) is 13.8 Å².